The number of nitrogens with one attached hydrogen (secondary N) is 1. The molecular weight excluding hydrogens is 252 g/mol. The molecule has 1 aliphatic heterocycles. The summed E-state index contributed by atoms with van der Waals surface area (Å²) in [6.07, 6.45) is 3.46. The van der Waals surface area contributed by atoms with Crippen LogP contribution in [0.1, 0.15) is 23.3 Å². The lowest BCUT2D eigenvalue weighted by molar-refractivity contribution is 0.0398. The first-order valence-corrected chi connectivity index (χ1v) is 6.86. The second-order valence-electron chi connectivity index (χ2n) is 5.83. The van der Waals surface area contributed by atoms with Gasteiger partial charge in [0.25, 0.3) is 5.91 Å². The Hall–Kier alpha value is -1.00. The number of nitrogens with zero attached hydrogens (tertiary/aromatic N) is 1. The summed E-state index contributed by atoms with van der Waals surface area (Å²) < 4.78 is 0. The van der Waals surface area contributed by atoms with Gasteiger partial charge < -0.3 is 15.0 Å². The van der Waals surface area contributed by atoms with Crippen LogP contribution in [0.5, 0.6) is 0 Å². The number of aliphatic hydroxyl groups excluding tert-OH is 1. The predicted molar refractivity (Wildman–Crippen MR) is 66.3 cm³/mol. The number of rotatable bonds is 1. The Morgan fingerprint density at radius 1 is 1.44 bits per heavy atom. The second kappa shape index (κ2) is 3.52. The van der Waals surface area contributed by atoms with Gasteiger partial charge in [0.1, 0.15) is 5.69 Å². The molecule has 18 heavy (non-hydrogen) atoms. The maximum absolute atomic E-state index is 12.4. The number of hydrogen-bond acceptors (Lipinski definition) is 2. The Morgan fingerprint density at radius 2 is 2.28 bits per heavy atom. The topological polar surface area (TPSA) is 56.3 Å². The fourth-order valence-electron chi connectivity index (χ4n) is 4.30. The lowest BCUT2D eigenvalue weighted by atomic mass is 9.88. The van der Waals surface area contributed by atoms with E-state index >= 15 is 0 Å². The first-order chi connectivity index (χ1) is 8.65. The highest BCUT2D eigenvalue weighted by Crippen LogP contribution is 2.55. The molecule has 2 aliphatic carbocycles. The van der Waals surface area contributed by atoms with Gasteiger partial charge >= 0.3 is 0 Å². The van der Waals surface area contributed by atoms with Gasteiger partial charge in [-0.1, -0.05) is 11.6 Å². The van der Waals surface area contributed by atoms with Crippen LogP contribution in [0.4, 0.5) is 0 Å². The molecule has 96 valence electrons. The Labute approximate surface area is 110 Å². The zero-order valence-corrected chi connectivity index (χ0v) is 10.6. The minimum atomic E-state index is -0.330. The van der Waals surface area contributed by atoms with E-state index in [-0.39, 0.29) is 18.1 Å². The maximum Gasteiger partial charge on any atom is 0.270 e. The number of carbonyl (C=O) groups is 1. The van der Waals surface area contributed by atoms with Crippen LogP contribution in [-0.4, -0.2) is 39.6 Å². The first kappa shape index (κ1) is 10.9. The van der Waals surface area contributed by atoms with Crippen molar-refractivity contribution in [3.05, 3.63) is 23.0 Å². The van der Waals surface area contributed by atoms with Crippen molar-refractivity contribution in [2.24, 2.45) is 17.8 Å². The number of H-pyrrole nitrogens is 1. The highest BCUT2D eigenvalue weighted by atomic mass is 35.5. The van der Waals surface area contributed by atoms with Crippen LogP contribution in [0.15, 0.2) is 12.3 Å². The van der Waals surface area contributed by atoms with Gasteiger partial charge in [0.15, 0.2) is 0 Å². The zero-order valence-electron chi connectivity index (χ0n) is 9.84. The minimum absolute atomic E-state index is 0.0269. The maximum atomic E-state index is 12.4. The van der Waals surface area contributed by atoms with Gasteiger partial charge in [-0.15, -0.1) is 0 Å². The standard InChI is InChI=1S/C13H15ClN2O2/c14-8-3-10(15-4-8)13(18)16-5-7-1-6-2-9(7)11(16)12(6)17/h3-4,6-7,9,11-12,15,17H,1-2,5H2. The number of aliphatic hydroxyl groups is 1. The quantitative estimate of drug-likeness (QED) is 0.810. The normalized spacial score (nSPS) is 40.8. The lowest BCUT2D eigenvalue weighted by Gasteiger charge is -2.28. The van der Waals surface area contributed by atoms with Gasteiger partial charge in [-0.25, -0.2) is 0 Å². The largest absolute Gasteiger partial charge is 0.391 e. The van der Waals surface area contributed by atoms with E-state index in [1.165, 1.54) is 0 Å². The average molecular weight is 267 g/mol. The van der Waals surface area contributed by atoms with Crippen molar-refractivity contribution in [1.29, 1.82) is 0 Å². The number of fused-ring (bicyclic) bond motifs is 1. The molecule has 5 atom stereocenters. The molecule has 1 saturated heterocycles. The summed E-state index contributed by atoms with van der Waals surface area (Å²) in [5.41, 5.74) is 0.525. The molecule has 0 spiro atoms. The summed E-state index contributed by atoms with van der Waals surface area (Å²) in [6, 6.07) is 1.69. The molecule has 2 N–H and O–H groups in total. The molecule has 3 aliphatic rings. The zero-order chi connectivity index (χ0) is 12.4. The fourth-order valence-corrected chi connectivity index (χ4v) is 4.46. The summed E-state index contributed by atoms with van der Waals surface area (Å²) in [4.78, 5) is 17.2. The molecule has 5 heteroatoms. The third-order valence-corrected chi connectivity index (χ3v) is 5.21. The number of halogens is 1. The SMILES string of the molecule is O=C(c1cc(Cl)c[nH]1)N1CC2CC3CC2C1C3O. The van der Waals surface area contributed by atoms with Crippen LogP contribution < -0.4 is 0 Å². The molecule has 2 heterocycles. The smallest absolute Gasteiger partial charge is 0.270 e. The monoisotopic (exact) mass is 266 g/mol. The molecule has 2 saturated carbocycles. The van der Waals surface area contributed by atoms with Crippen molar-refractivity contribution < 1.29 is 9.90 Å². The number of carbonyl (C=O) groups excluding carboxylic acids is 1. The Morgan fingerprint density at radius 3 is 2.94 bits per heavy atom. The number of aromatic amines is 1. The molecule has 4 rings (SSSR count). The van der Waals surface area contributed by atoms with Crippen molar-refractivity contribution in [1.82, 2.24) is 9.88 Å². The molecule has 5 unspecified atom stereocenters. The summed E-state index contributed by atoms with van der Waals surface area (Å²) >= 11 is 5.84. The van der Waals surface area contributed by atoms with Gasteiger partial charge in [-0.05, 0) is 36.7 Å². The molecular formula is C13H15ClN2O2. The molecule has 0 aromatic carbocycles. The molecule has 4 nitrogen and oxygen atoms in total. The Kier molecular flexibility index (Phi) is 2.12. The average Bonchev–Trinajstić information content (AvgIpc) is 3.01. The van der Waals surface area contributed by atoms with Crippen LogP contribution in [0.25, 0.3) is 0 Å². The van der Waals surface area contributed by atoms with Crippen LogP contribution in [-0.2, 0) is 0 Å². The predicted octanol–water partition coefficient (Wildman–Crippen LogP) is 1.51. The van der Waals surface area contributed by atoms with Crippen LogP contribution in [0.2, 0.25) is 5.02 Å². The van der Waals surface area contributed by atoms with Gasteiger partial charge in [-0.2, -0.15) is 0 Å². The van der Waals surface area contributed by atoms with E-state index in [1.807, 2.05) is 4.90 Å². The fraction of sp³-hybridized carbons (Fsp3) is 0.615. The highest BCUT2D eigenvalue weighted by Gasteiger charge is 2.60. The Balaban J connectivity index is 1.65. The number of likely N-dealkylation sites (tertiary alicyclic amines) is 1. The first-order valence-electron chi connectivity index (χ1n) is 6.48. The molecule has 3 fully saturated rings. The van der Waals surface area contributed by atoms with Crippen molar-refractivity contribution in [2.75, 3.05) is 6.54 Å². The van der Waals surface area contributed by atoms with Gasteiger partial charge in [0, 0.05) is 12.7 Å². The van der Waals surface area contributed by atoms with Gasteiger partial charge in [-0.3, -0.25) is 4.79 Å². The van der Waals surface area contributed by atoms with Crippen molar-refractivity contribution in [3.63, 3.8) is 0 Å². The summed E-state index contributed by atoms with van der Waals surface area (Å²) in [7, 11) is 0. The van der Waals surface area contributed by atoms with Crippen molar-refractivity contribution >= 4 is 17.5 Å². The van der Waals surface area contributed by atoms with E-state index in [4.69, 9.17) is 11.6 Å². The molecule has 1 aromatic rings. The molecule has 1 aromatic heterocycles. The number of aromatic nitrogens is 1. The third-order valence-electron chi connectivity index (χ3n) is 4.99. The minimum Gasteiger partial charge on any atom is -0.391 e. The van der Waals surface area contributed by atoms with Crippen molar-refractivity contribution in [2.45, 2.75) is 25.0 Å². The summed E-state index contributed by atoms with van der Waals surface area (Å²) in [5.74, 6) is 1.49. The van der Waals surface area contributed by atoms with E-state index in [0.717, 1.165) is 19.4 Å². The number of amides is 1. The molecule has 2 bridgehead atoms. The molecule has 1 amide bonds. The van der Waals surface area contributed by atoms with E-state index in [0.29, 0.717) is 28.5 Å². The van der Waals surface area contributed by atoms with E-state index < -0.39 is 0 Å². The van der Waals surface area contributed by atoms with Gasteiger partial charge in [0.05, 0.1) is 17.2 Å². The highest BCUT2D eigenvalue weighted by molar-refractivity contribution is 6.30. The second-order valence-corrected chi connectivity index (χ2v) is 6.26. The van der Waals surface area contributed by atoms with Crippen LogP contribution >= 0.6 is 11.6 Å². The van der Waals surface area contributed by atoms with E-state index in [9.17, 15) is 9.90 Å². The van der Waals surface area contributed by atoms with E-state index in [1.54, 1.807) is 12.3 Å². The van der Waals surface area contributed by atoms with Crippen molar-refractivity contribution in [3.8, 4) is 0 Å². The Bertz CT molecular complexity index is 513. The van der Waals surface area contributed by atoms with Crippen LogP contribution in [0.3, 0.4) is 0 Å². The number of hydrogen-bond donors (Lipinski definition) is 2. The summed E-state index contributed by atoms with van der Waals surface area (Å²) in [5, 5.41) is 10.8. The van der Waals surface area contributed by atoms with Crippen LogP contribution in [0, 0.1) is 17.8 Å². The van der Waals surface area contributed by atoms with E-state index in [2.05, 4.69) is 4.98 Å². The van der Waals surface area contributed by atoms with Gasteiger partial charge in [0.2, 0.25) is 0 Å². The molecule has 0 radical (unpaired) electrons. The lowest BCUT2D eigenvalue weighted by Crippen LogP contribution is -2.43. The summed E-state index contributed by atoms with van der Waals surface area (Å²) in [6.45, 7) is 0.790. The third kappa shape index (κ3) is 1.28.